The summed E-state index contributed by atoms with van der Waals surface area (Å²) in [4.78, 5) is 34.4. The van der Waals surface area contributed by atoms with Gasteiger partial charge in [-0.2, -0.15) is 0 Å². The van der Waals surface area contributed by atoms with Crippen molar-refractivity contribution in [2.75, 3.05) is 0 Å². The van der Waals surface area contributed by atoms with E-state index in [0.29, 0.717) is 5.56 Å². The maximum atomic E-state index is 11.9. The van der Waals surface area contributed by atoms with E-state index in [0.717, 1.165) is 12.0 Å². The van der Waals surface area contributed by atoms with Crippen molar-refractivity contribution in [3.05, 3.63) is 40.7 Å². The number of hydrogen-bond acceptors (Lipinski definition) is 3. The molecule has 1 aliphatic rings. The van der Waals surface area contributed by atoms with Crippen LogP contribution in [0.4, 0.5) is 0 Å². The number of piperidine rings is 1. The molecule has 3 amide bonds. The third kappa shape index (κ3) is 4.00. The molecule has 0 radical (unpaired) electrons. The maximum absolute atomic E-state index is 11.9. The first kappa shape index (κ1) is 16.6. The average Bonchev–Trinajstić information content (AvgIpc) is 2.42. The van der Waals surface area contributed by atoms with Crippen molar-refractivity contribution in [1.82, 2.24) is 5.32 Å². The molecular formula is C14H14N2O3W. The quantitative estimate of drug-likeness (QED) is 0.568. The Balaban J connectivity index is 0.00000200. The summed E-state index contributed by atoms with van der Waals surface area (Å²) in [5, 5.41) is 6.04. The maximum Gasteiger partial charge on any atom is 2.00 e. The Hall–Kier alpha value is -1.48. The molecule has 0 saturated carbocycles. The average molecular weight is 442 g/mol. The van der Waals surface area contributed by atoms with Crippen LogP contribution in [0.3, 0.4) is 0 Å². The first-order valence-corrected chi connectivity index (χ1v) is 6.19. The number of nitrogens with zero attached hydrogens (tertiary/aromatic N) is 1. The van der Waals surface area contributed by atoms with E-state index in [1.165, 1.54) is 0 Å². The summed E-state index contributed by atoms with van der Waals surface area (Å²) in [5.74, 6) is -1.29. The van der Waals surface area contributed by atoms with E-state index < -0.39 is 17.9 Å². The largest absolute Gasteiger partial charge is 2.00 e. The number of carbonyl (C=O) groups is 3. The predicted octanol–water partition coefficient (Wildman–Crippen LogP) is 1.37. The zero-order valence-corrected chi connectivity index (χ0v) is 13.9. The molecule has 20 heavy (non-hydrogen) atoms. The number of nitrogens with one attached hydrogen (secondary N) is 1. The first-order chi connectivity index (χ1) is 9.10. The van der Waals surface area contributed by atoms with Crippen LogP contribution in [-0.2, 0) is 37.1 Å². The molecule has 0 bridgehead atoms. The summed E-state index contributed by atoms with van der Waals surface area (Å²) in [5.41, 5.74) is 1.37. The van der Waals surface area contributed by atoms with E-state index in [4.69, 9.17) is 0 Å². The molecule has 1 N–H and O–H groups in total. The summed E-state index contributed by atoms with van der Waals surface area (Å²) in [7, 11) is 0. The molecule has 2 rings (SSSR count). The Labute approximate surface area is 131 Å². The standard InChI is InChI=1S/C14H15N2O3.W/c1-2-9-4-3-5-10(8-9)13(18)15-11-6-7-12(17)16-14(11)19;/h3-4,8,11H,2,6-7H2,1H3,(H2,15,16,17,18,19);/q-1;+2/p-1. The molecule has 1 saturated heterocycles. The number of rotatable bonds is 3. The molecule has 6 heteroatoms. The summed E-state index contributed by atoms with van der Waals surface area (Å²) in [6.07, 6.45) is 1.31. The molecular weight excluding hydrogens is 428 g/mol. The number of hydrogen-bond donors (Lipinski definition) is 1. The molecule has 1 aromatic rings. The van der Waals surface area contributed by atoms with Crippen LogP contribution >= 0.6 is 0 Å². The van der Waals surface area contributed by atoms with Crippen molar-refractivity contribution in [3.8, 4) is 0 Å². The Morgan fingerprint density at radius 3 is 2.90 bits per heavy atom. The van der Waals surface area contributed by atoms with E-state index in [-0.39, 0.29) is 39.8 Å². The molecule has 1 aromatic carbocycles. The second kappa shape index (κ2) is 7.34. The fourth-order valence-electron chi connectivity index (χ4n) is 1.87. The van der Waals surface area contributed by atoms with E-state index >= 15 is 0 Å². The van der Waals surface area contributed by atoms with Crippen molar-refractivity contribution >= 4 is 17.7 Å². The smallest absolute Gasteiger partial charge is 0.684 e. The normalized spacial score (nSPS) is 17.9. The van der Waals surface area contributed by atoms with Gasteiger partial charge in [0.2, 0.25) is 11.8 Å². The van der Waals surface area contributed by atoms with Gasteiger partial charge in [0.05, 0.1) is 0 Å². The molecule has 5 nitrogen and oxygen atoms in total. The van der Waals surface area contributed by atoms with Crippen molar-refractivity contribution in [2.45, 2.75) is 32.2 Å². The fourth-order valence-corrected chi connectivity index (χ4v) is 1.87. The van der Waals surface area contributed by atoms with Gasteiger partial charge in [0.15, 0.2) is 0 Å². The van der Waals surface area contributed by atoms with Gasteiger partial charge in [0, 0.05) is 6.42 Å². The molecule has 0 spiro atoms. The van der Waals surface area contributed by atoms with Gasteiger partial charge in [-0.15, -0.1) is 35.4 Å². The van der Waals surface area contributed by atoms with Gasteiger partial charge in [-0.3, -0.25) is 14.9 Å². The van der Waals surface area contributed by atoms with Crippen molar-refractivity contribution < 1.29 is 35.4 Å². The van der Waals surface area contributed by atoms with Crippen LogP contribution in [0, 0.1) is 6.07 Å². The topological polar surface area (TPSA) is 77.3 Å². The van der Waals surface area contributed by atoms with Gasteiger partial charge in [0.1, 0.15) is 0 Å². The van der Waals surface area contributed by atoms with Gasteiger partial charge in [-0.1, -0.05) is 6.92 Å². The summed E-state index contributed by atoms with van der Waals surface area (Å²) < 4.78 is 0. The van der Waals surface area contributed by atoms with Crippen LogP contribution in [0.1, 0.15) is 35.7 Å². The molecule has 1 atom stereocenters. The van der Waals surface area contributed by atoms with Crippen molar-refractivity contribution in [1.29, 1.82) is 0 Å². The number of imide groups is 1. The minimum atomic E-state index is -0.774. The summed E-state index contributed by atoms with van der Waals surface area (Å²) in [6, 6.07) is 7.31. The molecule has 104 valence electrons. The van der Waals surface area contributed by atoms with Crippen LogP contribution in [0.5, 0.6) is 0 Å². The SMILES string of the molecule is CCc1cc[c-]c(C(=O)[N-]C2CCC(=O)NC2=O)c1.[W+2]. The number of amides is 3. The first-order valence-electron chi connectivity index (χ1n) is 6.19. The van der Waals surface area contributed by atoms with Crippen LogP contribution in [0.15, 0.2) is 18.2 Å². The third-order valence-corrected chi connectivity index (χ3v) is 2.99. The van der Waals surface area contributed by atoms with Gasteiger partial charge in [0.25, 0.3) is 0 Å². The molecule has 1 aliphatic heterocycles. The van der Waals surface area contributed by atoms with Crippen LogP contribution in [0.25, 0.3) is 5.32 Å². The summed E-state index contributed by atoms with van der Waals surface area (Å²) in [6.45, 7) is 1.99. The third-order valence-electron chi connectivity index (χ3n) is 2.99. The van der Waals surface area contributed by atoms with Gasteiger partial charge >= 0.3 is 21.1 Å². The van der Waals surface area contributed by atoms with E-state index in [1.54, 1.807) is 12.1 Å². The molecule has 1 heterocycles. The van der Waals surface area contributed by atoms with Crippen LogP contribution in [-0.4, -0.2) is 23.8 Å². The minimum Gasteiger partial charge on any atom is -0.684 e. The second-order valence-corrected chi connectivity index (χ2v) is 4.37. The van der Waals surface area contributed by atoms with Crippen LogP contribution < -0.4 is 5.32 Å². The molecule has 1 fully saturated rings. The predicted molar refractivity (Wildman–Crippen MR) is 68.5 cm³/mol. The Morgan fingerprint density at radius 2 is 2.25 bits per heavy atom. The van der Waals surface area contributed by atoms with Crippen LogP contribution in [0.2, 0.25) is 0 Å². The van der Waals surface area contributed by atoms with E-state index in [9.17, 15) is 14.4 Å². The zero-order valence-electron chi connectivity index (χ0n) is 11.0. The minimum absolute atomic E-state index is 0. The number of carbonyl (C=O) groups excluding carboxylic acids is 3. The van der Waals surface area contributed by atoms with E-state index in [1.807, 2.05) is 13.0 Å². The molecule has 0 aliphatic carbocycles. The number of aryl methyl sites for hydroxylation is 1. The van der Waals surface area contributed by atoms with Gasteiger partial charge in [-0.25, -0.2) is 0 Å². The monoisotopic (exact) mass is 442 g/mol. The Kier molecular flexibility index (Phi) is 6.08. The Bertz CT molecular complexity index is 531. The van der Waals surface area contributed by atoms with Gasteiger partial charge < -0.3 is 10.1 Å². The second-order valence-electron chi connectivity index (χ2n) is 4.37. The van der Waals surface area contributed by atoms with E-state index in [2.05, 4.69) is 16.7 Å². The van der Waals surface area contributed by atoms with Crippen molar-refractivity contribution in [2.24, 2.45) is 0 Å². The number of benzene rings is 1. The molecule has 0 aromatic heterocycles. The Morgan fingerprint density at radius 1 is 1.50 bits per heavy atom. The summed E-state index contributed by atoms with van der Waals surface area (Å²) >= 11 is 0. The van der Waals surface area contributed by atoms with Gasteiger partial charge in [-0.05, 0) is 24.8 Å². The van der Waals surface area contributed by atoms with Crippen molar-refractivity contribution in [3.63, 3.8) is 0 Å². The fraction of sp³-hybridized carbons (Fsp3) is 0.357. The molecule has 1 unspecified atom stereocenters. The zero-order chi connectivity index (χ0) is 13.8.